The number of halogens is 1. The number of hydrogen-bond acceptors (Lipinski definition) is 3. The van der Waals surface area contributed by atoms with Gasteiger partial charge in [-0.1, -0.05) is 41.9 Å². The summed E-state index contributed by atoms with van der Waals surface area (Å²) < 4.78 is 1.79. The molecule has 0 atom stereocenters. The lowest BCUT2D eigenvalue weighted by atomic mass is 10.2. The lowest BCUT2D eigenvalue weighted by Gasteiger charge is -2.02. The number of fused-ring (bicyclic) bond motifs is 1. The SMILES string of the molecule is Clc1nn(Cc2ccccc2)c2ncncc12. The van der Waals surface area contributed by atoms with Crippen molar-refractivity contribution in [3.8, 4) is 0 Å². The standard InChI is InChI=1S/C12H9ClN4/c13-11-10-6-14-8-15-12(10)17(16-11)7-9-4-2-1-3-5-9/h1-6,8H,7H2. The Bertz CT molecular complexity index is 648. The molecule has 3 rings (SSSR count). The van der Waals surface area contributed by atoms with E-state index < -0.39 is 0 Å². The third kappa shape index (κ3) is 1.87. The third-order valence-corrected chi connectivity index (χ3v) is 2.82. The van der Waals surface area contributed by atoms with E-state index in [1.807, 2.05) is 30.3 Å². The normalized spacial score (nSPS) is 10.9. The van der Waals surface area contributed by atoms with Crippen molar-refractivity contribution in [3.63, 3.8) is 0 Å². The van der Waals surface area contributed by atoms with Gasteiger partial charge in [-0.25, -0.2) is 14.6 Å². The summed E-state index contributed by atoms with van der Waals surface area (Å²) in [7, 11) is 0. The van der Waals surface area contributed by atoms with E-state index in [4.69, 9.17) is 11.6 Å². The molecule has 1 aromatic carbocycles. The molecule has 0 spiro atoms. The van der Waals surface area contributed by atoms with Crippen LogP contribution in [0, 0.1) is 0 Å². The molecule has 3 aromatic rings. The summed E-state index contributed by atoms with van der Waals surface area (Å²) in [6, 6.07) is 10.1. The first kappa shape index (κ1) is 10.2. The van der Waals surface area contributed by atoms with Gasteiger partial charge in [0.2, 0.25) is 0 Å². The average Bonchev–Trinajstić information content (AvgIpc) is 2.69. The molecule has 2 aromatic heterocycles. The van der Waals surface area contributed by atoms with Gasteiger partial charge in [-0.05, 0) is 5.56 Å². The molecule has 0 fully saturated rings. The van der Waals surface area contributed by atoms with Crippen LogP contribution in [0.5, 0.6) is 0 Å². The lowest BCUT2D eigenvalue weighted by molar-refractivity contribution is 0.704. The molecule has 5 heteroatoms. The Kier molecular flexibility index (Phi) is 2.49. The van der Waals surface area contributed by atoms with Gasteiger partial charge in [-0.3, -0.25) is 0 Å². The second-order valence-electron chi connectivity index (χ2n) is 3.69. The molecule has 0 radical (unpaired) electrons. The summed E-state index contributed by atoms with van der Waals surface area (Å²) in [4.78, 5) is 8.15. The van der Waals surface area contributed by atoms with Crippen LogP contribution in [-0.2, 0) is 6.54 Å². The smallest absolute Gasteiger partial charge is 0.163 e. The molecule has 0 aliphatic carbocycles. The van der Waals surface area contributed by atoms with Crippen molar-refractivity contribution in [1.29, 1.82) is 0 Å². The summed E-state index contributed by atoms with van der Waals surface area (Å²) in [6.07, 6.45) is 3.18. The van der Waals surface area contributed by atoms with Gasteiger partial charge >= 0.3 is 0 Å². The number of nitrogens with zero attached hydrogens (tertiary/aromatic N) is 4. The highest BCUT2D eigenvalue weighted by molar-refractivity contribution is 6.34. The Morgan fingerprint density at radius 1 is 1.18 bits per heavy atom. The minimum absolute atomic E-state index is 0.441. The quantitative estimate of drug-likeness (QED) is 0.696. The highest BCUT2D eigenvalue weighted by Crippen LogP contribution is 2.20. The van der Waals surface area contributed by atoms with E-state index in [2.05, 4.69) is 15.1 Å². The van der Waals surface area contributed by atoms with E-state index in [9.17, 15) is 0 Å². The van der Waals surface area contributed by atoms with Crippen molar-refractivity contribution in [3.05, 3.63) is 53.6 Å². The molecule has 0 N–H and O–H groups in total. The summed E-state index contributed by atoms with van der Waals surface area (Å²) in [5.74, 6) is 0. The molecule has 4 nitrogen and oxygen atoms in total. The Balaban J connectivity index is 2.07. The van der Waals surface area contributed by atoms with E-state index in [1.54, 1.807) is 10.9 Å². The van der Waals surface area contributed by atoms with Gasteiger partial charge < -0.3 is 0 Å². The van der Waals surface area contributed by atoms with Crippen molar-refractivity contribution < 1.29 is 0 Å². The molecule has 0 aliphatic rings. The van der Waals surface area contributed by atoms with Crippen molar-refractivity contribution in [2.75, 3.05) is 0 Å². The molecular weight excluding hydrogens is 236 g/mol. The first-order chi connectivity index (χ1) is 8.34. The second-order valence-corrected chi connectivity index (χ2v) is 4.05. The molecule has 0 aliphatic heterocycles. The van der Waals surface area contributed by atoms with Crippen molar-refractivity contribution in [2.45, 2.75) is 6.54 Å². The third-order valence-electron chi connectivity index (χ3n) is 2.54. The van der Waals surface area contributed by atoms with E-state index in [0.717, 1.165) is 16.6 Å². The predicted molar refractivity (Wildman–Crippen MR) is 65.9 cm³/mol. The Morgan fingerprint density at radius 2 is 2.00 bits per heavy atom. The highest BCUT2D eigenvalue weighted by atomic mass is 35.5. The van der Waals surface area contributed by atoms with Crippen LogP contribution in [0.4, 0.5) is 0 Å². The van der Waals surface area contributed by atoms with Crippen LogP contribution in [0.25, 0.3) is 11.0 Å². The number of hydrogen-bond donors (Lipinski definition) is 0. The average molecular weight is 245 g/mol. The Labute approximate surface area is 103 Å². The fourth-order valence-corrected chi connectivity index (χ4v) is 1.97. The highest BCUT2D eigenvalue weighted by Gasteiger charge is 2.09. The van der Waals surface area contributed by atoms with Crippen LogP contribution < -0.4 is 0 Å². The number of rotatable bonds is 2. The van der Waals surface area contributed by atoms with Crippen LogP contribution >= 0.6 is 11.6 Å². The van der Waals surface area contributed by atoms with Crippen molar-refractivity contribution in [1.82, 2.24) is 19.7 Å². The molecule has 0 saturated carbocycles. The van der Waals surface area contributed by atoms with Gasteiger partial charge in [-0.15, -0.1) is 0 Å². The topological polar surface area (TPSA) is 43.6 Å². The molecule has 0 amide bonds. The van der Waals surface area contributed by atoms with Crippen molar-refractivity contribution >= 4 is 22.6 Å². The van der Waals surface area contributed by atoms with Crippen LogP contribution in [0.2, 0.25) is 5.15 Å². The van der Waals surface area contributed by atoms with E-state index in [1.165, 1.54) is 6.33 Å². The largest absolute Gasteiger partial charge is 0.244 e. The molecule has 0 bridgehead atoms. The zero-order chi connectivity index (χ0) is 11.7. The molecule has 0 unspecified atom stereocenters. The Morgan fingerprint density at radius 3 is 2.82 bits per heavy atom. The number of benzene rings is 1. The lowest BCUT2D eigenvalue weighted by Crippen LogP contribution is -2.02. The minimum Gasteiger partial charge on any atom is -0.244 e. The van der Waals surface area contributed by atoms with Gasteiger partial charge in [0.05, 0.1) is 11.9 Å². The number of aromatic nitrogens is 4. The van der Waals surface area contributed by atoms with Crippen LogP contribution in [0.1, 0.15) is 5.56 Å². The van der Waals surface area contributed by atoms with Crippen LogP contribution in [-0.4, -0.2) is 19.7 Å². The molecular formula is C12H9ClN4. The predicted octanol–water partition coefficient (Wildman–Crippen LogP) is 2.53. The zero-order valence-electron chi connectivity index (χ0n) is 8.92. The van der Waals surface area contributed by atoms with Gasteiger partial charge in [0.1, 0.15) is 6.33 Å². The maximum absolute atomic E-state index is 6.03. The summed E-state index contributed by atoms with van der Waals surface area (Å²) in [5, 5.41) is 5.49. The van der Waals surface area contributed by atoms with Crippen molar-refractivity contribution in [2.24, 2.45) is 0 Å². The molecule has 84 valence electrons. The fourth-order valence-electron chi connectivity index (χ4n) is 1.75. The van der Waals surface area contributed by atoms with E-state index >= 15 is 0 Å². The van der Waals surface area contributed by atoms with Gasteiger partial charge in [-0.2, -0.15) is 5.10 Å². The maximum Gasteiger partial charge on any atom is 0.163 e. The first-order valence-electron chi connectivity index (χ1n) is 5.20. The molecule has 2 heterocycles. The fraction of sp³-hybridized carbons (Fsp3) is 0.0833. The van der Waals surface area contributed by atoms with Crippen LogP contribution in [0.15, 0.2) is 42.9 Å². The van der Waals surface area contributed by atoms with Gasteiger partial charge in [0.15, 0.2) is 10.8 Å². The molecule has 17 heavy (non-hydrogen) atoms. The molecule has 0 saturated heterocycles. The second kappa shape index (κ2) is 4.14. The van der Waals surface area contributed by atoms with Gasteiger partial charge in [0, 0.05) is 6.20 Å². The maximum atomic E-state index is 6.03. The van der Waals surface area contributed by atoms with E-state index in [-0.39, 0.29) is 0 Å². The zero-order valence-corrected chi connectivity index (χ0v) is 9.67. The summed E-state index contributed by atoms with van der Waals surface area (Å²) >= 11 is 6.03. The Hall–Kier alpha value is -1.94. The van der Waals surface area contributed by atoms with E-state index in [0.29, 0.717) is 11.7 Å². The van der Waals surface area contributed by atoms with Crippen LogP contribution in [0.3, 0.4) is 0 Å². The summed E-state index contributed by atoms with van der Waals surface area (Å²) in [5.41, 5.74) is 1.92. The monoisotopic (exact) mass is 244 g/mol. The minimum atomic E-state index is 0.441. The summed E-state index contributed by atoms with van der Waals surface area (Å²) in [6.45, 7) is 0.654. The first-order valence-corrected chi connectivity index (χ1v) is 5.58. The van der Waals surface area contributed by atoms with Gasteiger partial charge in [0.25, 0.3) is 0 Å².